The Morgan fingerprint density at radius 3 is 2.62 bits per heavy atom. The van der Waals surface area contributed by atoms with Crippen molar-refractivity contribution in [2.45, 2.75) is 13.5 Å². The van der Waals surface area contributed by atoms with Crippen molar-refractivity contribution in [2.75, 3.05) is 36.4 Å². The fraction of sp³-hybridized carbons (Fsp3) is 0.273. The molecule has 0 radical (unpaired) electrons. The fourth-order valence-corrected chi connectivity index (χ4v) is 3.90. The summed E-state index contributed by atoms with van der Waals surface area (Å²) in [7, 11) is 0. The predicted octanol–water partition coefficient (Wildman–Crippen LogP) is 3.73. The number of nitrogens with zero attached hydrogens (tertiary/aromatic N) is 2. The molecule has 1 aliphatic rings. The van der Waals surface area contributed by atoms with Crippen LogP contribution < -0.4 is 15.8 Å². The SMILES string of the molecule is CC(=O)Nc1ccc2c(CN3CCN(c4cccc(Cl)c4)CC3)cc(=O)oc2c1. The molecule has 29 heavy (non-hydrogen) atoms. The van der Waals surface area contributed by atoms with E-state index in [-0.39, 0.29) is 11.5 Å². The van der Waals surface area contributed by atoms with Gasteiger partial charge in [0.05, 0.1) is 0 Å². The number of piperazine rings is 1. The molecule has 2 heterocycles. The number of carbonyl (C=O) groups is 1. The van der Waals surface area contributed by atoms with Gasteiger partial charge in [-0.2, -0.15) is 0 Å². The maximum atomic E-state index is 12.1. The number of nitrogens with one attached hydrogen (secondary N) is 1. The van der Waals surface area contributed by atoms with E-state index < -0.39 is 0 Å². The maximum Gasteiger partial charge on any atom is 0.336 e. The third-order valence-corrected chi connectivity index (χ3v) is 5.33. The summed E-state index contributed by atoms with van der Waals surface area (Å²) in [5.41, 5.74) is 2.78. The molecule has 7 heteroatoms. The predicted molar refractivity (Wildman–Crippen MR) is 116 cm³/mol. The molecule has 150 valence electrons. The highest BCUT2D eigenvalue weighted by Gasteiger charge is 2.19. The van der Waals surface area contributed by atoms with E-state index in [9.17, 15) is 9.59 Å². The van der Waals surface area contributed by atoms with E-state index >= 15 is 0 Å². The van der Waals surface area contributed by atoms with Crippen LogP contribution in [0.4, 0.5) is 11.4 Å². The third kappa shape index (κ3) is 4.60. The van der Waals surface area contributed by atoms with Crippen molar-refractivity contribution in [2.24, 2.45) is 0 Å². The van der Waals surface area contributed by atoms with Gasteiger partial charge in [-0.05, 0) is 35.9 Å². The van der Waals surface area contributed by atoms with Gasteiger partial charge < -0.3 is 14.6 Å². The molecule has 0 atom stereocenters. The first-order valence-corrected chi connectivity index (χ1v) is 9.93. The lowest BCUT2D eigenvalue weighted by molar-refractivity contribution is -0.114. The van der Waals surface area contributed by atoms with Gasteiger partial charge in [-0.15, -0.1) is 0 Å². The summed E-state index contributed by atoms with van der Waals surface area (Å²) in [5.74, 6) is -0.166. The molecule has 3 aromatic rings. The van der Waals surface area contributed by atoms with Gasteiger partial charge in [0.2, 0.25) is 5.91 Å². The van der Waals surface area contributed by atoms with Gasteiger partial charge in [-0.1, -0.05) is 17.7 Å². The van der Waals surface area contributed by atoms with Crippen molar-refractivity contribution in [1.29, 1.82) is 0 Å². The molecule has 0 bridgehead atoms. The molecule has 1 aliphatic heterocycles. The molecule has 1 saturated heterocycles. The van der Waals surface area contributed by atoms with Crippen molar-refractivity contribution in [3.8, 4) is 0 Å². The molecular formula is C22H22ClN3O3. The van der Waals surface area contributed by atoms with Gasteiger partial charge in [0.25, 0.3) is 0 Å². The lowest BCUT2D eigenvalue weighted by Crippen LogP contribution is -2.46. The van der Waals surface area contributed by atoms with Crippen molar-refractivity contribution in [1.82, 2.24) is 4.90 Å². The van der Waals surface area contributed by atoms with Crippen LogP contribution in [0.3, 0.4) is 0 Å². The second-order valence-electron chi connectivity index (χ2n) is 7.23. The van der Waals surface area contributed by atoms with Crippen LogP contribution in [0.15, 0.2) is 57.7 Å². The number of hydrogen-bond acceptors (Lipinski definition) is 5. The van der Waals surface area contributed by atoms with Crippen LogP contribution >= 0.6 is 11.6 Å². The Morgan fingerprint density at radius 1 is 1.10 bits per heavy atom. The van der Waals surface area contributed by atoms with E-state index in [1.165, 1.54) is 6.92 Å². The minimum Gasteiger partial charge on any atom is -0.423 e. The molecule has 0 spiro atoms. The number of benzene rings is 2. The standard InChI is InChI=1S/C22H22ClN3O3/c1-15(27)24-18-5-6-20-16(11-22(28)29-21(20)13-18)14-25-7-9-26(10-8-25)19-4-2-3-17(23)12-19/h2-6,11-13H,7-10,14H2,1H3,(H,24,27). The molecule has 6 nitrogen and oxygen atoms in total. The van der Waals surface area contributed by atoms with E-state index in [1.807, 2.05) is 30.3 Å². The Labute approximate surface area is 173 Å². The zero-order valence-electron chi connectivity index (χ0n) is 16.2. The summed E-state index contributed by atoms with van der Waals surface area (Å²) in [5, 5.41) is 4.34. The second-order valence-corrected chi connectivity index (χ2v) is 7.66. The number of amides is 1. The topological polar surface area (TPSA) is 65.8 Å². The van der Waals surface area contributed by atoms with Crippen LogP contribution in [-0.4, -0.2) is 37.0 Å². The van der Waals surface area contributed by atoms with Crippen LogP contribution in [-0.2, 0) is 11.3 Å². The van der Waals surface area contributed by atoms with E-state index in [0.717, 1.165) is 47.8 Å². The highest BCUT2D eigenvalue weighted by molar-refractivity contribution is 6.30. The molecule has 2 aromatic carbocycles. The number of anilines is 2. The van der Waals surface area contributed by atoms with Gasteiger partial charge >= 0.3 is 5.63 Å². The zero-order valence-corrected chi connectivity index (χ0v) is 16.9. The maximum absolute atomic E-state index is 12.1. The smallest absolute Gasteiger partial charge is 0.336 e. The van der Waals surface area contributed by atoms with Crippen LogP contribution in [0, 0.1) is 0 Å². The third-order valence-electron chi connectivity index (χ3n) is 5.09. The Kier molecular flexibility index (Phi) is 5.56. The first kappa shape index (κ1) is 19.5. The van der Waals surface area contributed by atoms with Gasteiger partial charge in [-0.3, -0.25) is 9.69 Å². The highest BCUT2D eigenvalue weighted by Crippen LogP contribution is 2.24. The zero-order chi connectivity index (χ0) is 20.4. The quantitative estimate of drug-likeness (QED) is 0.663. The number of rotatable bonds is 4. The summed E-state index contributed by atoms with van der Waals surface area (Å²) in [6.07, 6.45) is 0. The summed E-state index contributed by atoms with van der Waals surface area (Å²) in [4.78, 5) is 28.0. The Hall–Kier alpha value is -2.83. The molecule has 0 saturated carbocycles. The molecule has 0 aliphatic carbocycles. The summed E-state index contributed by atoms with van der Waals surface area (Å²) < 4.78 is 5.35. The van der Waals surface area contributed by atoms with Crippen molar-refractivity contribution >= 4 is 39.9 Å². The molecule has 1 amide bonds. The van der Waals surface area contributed by atoms with Crippen LogP contribution in [0.1, 0.15) is 12.5 Å². The molecule has 1 aromatic heterocycles. The van der Waals surface area contributed by atoms with Gasteiger partial charge in [0.15, 0.2) is 0 Å². The van der Waals surface area contributed by atoms with Crippen molar-refractivity contribution in [3.05, 3.63) is 69.5 Å². The van der Waals surface area contributed by atoms with E-state index in [1.54, 1.807) is 12.1 Å². The summed E-state index contributed by atoms with van der Waals surface area (Å²) in [6, 6.07) is 14.9. The first-order valence-electron chi connectivity index (χ1n) is 9.55. The van der Waals surface area contributed by atoms with E-state index in [0.29, 0.717) is 17.8 Å². The monoisotopic (exact) mass is 411 g/mol. The van der Waals surface area contributed by atoms with Crippen LogP contribution in [0.25, 0.3) is 11.0 Å². The minimum absolute atomic E-state index is 0.166. The van der Waals surface area contributed by atoms with Crippen molar-refractivity contribution < 1.29 is 9.21 Å². The van der Waals surface area contributed by atoms with Gasteiger partial charge in [-0.25, -0.2) is 4.79 Å². The van der Waals surface area contributed by atoms with Crippen LogP contribution in [0.2, 0.25) is 5.02 Å². The number of halogens is 1. The Bertz CT molecular complexity index is 1100. The molecular weight excluding hydrogens is 390 g/mol. The van der Waals surface area contributed by atoms with Crippen LogP contribution in [0.5, 0.6) is 0 Å². The Morgan fingerprint density at radius 2 is 1.90 bits per heavy atom. The largest absolute Gasteiger partial charge is 0.423 e. The number of hydrogen-bond donors (Lipinski definition) is 1. The molecule has 1 N–H and O–H groups in total. The summed E-state index contributed by atoms with van der Waals surface area (Å²) >= 11 is 6.11. The normalized spacial score (nSPS) is 14.9. The first-order chi connectivity index (χ1) is 14.0. The highest BCUT2D eigenvalue weighted by atomic mass is 35.5. The molecule has 0 unspecified atom stereocenters. The number of carbonyl (C=O) groups excluding carboxylic acids is 1. The van der Waals surface area contributed by atoms with E-state index in [4.69, 9.17) is 16.0 Å². The minimum atomic E-state index is -0.384. The average Bonchev–Trinajstić information content (AvgIpc) is 2.67. The van der Waals surface area contributed by atoms with Crippen molar-refractivity contribution in [3.63, 3.8) is 0 Å². The van der Waals surface area contributed by atoms with Gasteiger partial charge in [0, 0.05) is 73.6 Å². The van der Waals surface area contributed by atoms with Gasteiger partial charge in [0.1, 0.15) is 5.58 Å². The Balaban J connectivity index is 1.49. The lowest BCUT2D eigenvalue weighted by Gasteiger charge is -2.36. The molecule has 1 fully saturated rings. The lowest BCUT2D eigenvalue weighted by atomic mass is 10.1. The summed E-state index contributed by atoms with van der Waals surface area (Å²) in [6.45, 7) is 5.68. The van der Waals surface area contributed by atoms with E-state index in [2.05, 4.69) is 21.2 Å². The molecule has 4 rings (SSSR count). The fourth-order valence-electron chi connectivity index (χ4n) is 3.72. The second kappa shape index (κ2) is 8.27. The number of fused-ring (bicyclic) bond motifs is 1. The average molecular weight is 412 g/mol.